The second-order valence-electron chi connectivity index (χ2n) is 5.73. The normalized spacial score (nSPS) is 11.1. The van der Waals surface area contributed by atoms with Crippen LogP contribution < -0.4 is 4.74 Å². The van der Waals surface area contributed by atoms with E-state index in [-0.39, 0.29) is 0 Å². The van der Waals surface area contributed by atoms with Gasteiger partial charge in [-0.25, -0.2) is 5.10 Å². The van der Waals surface area contributed by atoms with Crippen molar-refractivity contribution in [1.29, 1.82) is 0 Å². The molecular formula is C20H16N4O2S. The summed E-state index contributed by atoms with van der Waals surface area (Å²) in [7, 11) is 0. The second kappa shape index (κ2) is 7.84. The van der Waals surface area contributed by atoms with Crippen LogP contribution in [0.15, 0.2) is 82.5 Å². The first-order valence-electron chi connectivity index (χ1n) is 8.32. The quantitative estimate of drug-likeness (QED) is 0.392. The van der Waals surface area contributed by atoms with Crippen LogP contribution in [0.25, 0.3) is 11.6 Å². The summed E-state index contributed by atoms with van der Waals surface area (Å²) in [4.78, 5) is 0. The molecule has 2 aromatic carbocycles. The van der Waals surface area contributed by atoms with Gasteiger partial charge in [0.1, 0.15) is 12.4 Å². The Morgan fingerprint density at radius 3 is 2.81 bits per heavy atom. The summed E-state index contributed by atoms with van der Waals surface area (Å²) in [5.74, 6) is 1.86. The Bertz CT molecular complexity index is 1100. The number of benzene rings is 2. The Morgan fingerprint density at radius 2 is 2.00 bits per heavy atom. The number of hydrogen-bond acceptors (Lipinski definition) is 5. The fourth-order valence-electron chi connectivity index (χ4n) is 2.51. The topological polar surface area (TPSA) is 68.3 Å². The maximum atomic E-state index is 5.85. The maximum absolute atomic E-state index is 5.85. The number of aromatic amines is 1. The van der Waals surface area contributed by atoms with E-state index in [0.29, 0.717) is 23.0 Å². The van der Waals surface area contributed by atoms with Crippen molar-refractivity contribution in [3.05, 3.63) is 88.9 Å². The molecule has 6 nitrogen and oxygen atoms in total. The van der Waals surface area contributed by atoms with E-state index < -0.39 is 0 Å². The highest BCUT2D eigenvalue weighted by molar-refractivity contribution is 7.71. The third kappa shape index (κ3) is 4.04. The van der Waals surface area contributed by atoms with Crippen molar-refractivity contribution in [2.24, 2.45) is 5.10 Å². The van der Waals surface area contributed by atoms with Crippen LogP contribution in [0.1, 0.15) is 11.1 Å². The van der Waals surface area contributed by atoms with Gasteiger partial charge in [0.25, 0.3) is 0 Å². The van der Waals surface area contributed by atoms with Gasteiger partial charge in [0.05, 0.1) is 12.5 Å². The SMILES string of the molecule is S=c1[nH]nc(-c2ccco2)n1N=Cc1cccc(OCc2ccccc2)c1. The Morgan fingerprint density at radius 1 is 1.11 bits per heavy atom. The first kappa shape index (κ1) is 17.0. The number of rotatable bonds is 6. The summed E-state index contributed by atoms with van der Waals surface area (Å²) < 4.78 is 13.1. The van der Waals surface area contributed by atoms with Gasteiger partial charge < -0.3 is 9.15 Å². The summed E-state index contributed by atoms with van der Waals surface area (Å²) in [5, 5.41) is 11.3. The zero-order valence-corrected chi connectivity index (χ0v) is 15.1. The molecule has 27 heavy (non-hydrogen) atoms. The second-order valence-corrected chi connectivity index (χ2v) is 6.12. The zero-order valence-electron chi connectivity index (χ0n) is 14.3. The van der Waals surface area contributed by atoms with Gasteiger partial charge in [0.2, 0.25) is 10.6 Å². The van der Waals surface area contributed by atoms with Gasteiger partial charge in [0, 0.05) is 0 Å². The first-order valence-corrected chi connectivity index (χ1v) is 8.73. The summed E-state index contributed by atoms with van der Waals surface area (Å²) in [6.07, 6.45) is 3.28. The minimum absolute atomic E-state index is 0.383. The molecule has 0 saturated carbocycles. The van der Waals surface area contributed by atoms with Crippen LogP contribution >= 0.6 is 12.2 Å². The standard InChI is InChI=1S/C20H16N4O2S/c27-20-23-22-19(18-10-5-11-25-18)24(20)21-13-16-8-4-9-17(12-16)26-14-15-6-2-1-3-7-15/h1-13H,14H2,(H,23,27). The number of hydrogen-bond donors (Lipinski definition) is 1. The van der Waals surface area contributed by atoms with Gasteiger partial charge >= 0.3 is 0 Å². The highest BCUT2D eigenvalue weighted by Crippen LogP contribution is 2.18. The molecule has 0 spiro atoms. The van der Waals surface area contributed by atoms with Crippen LogP contribution in [-0.2, 0) is 6.61 Å². The third-order valence-corrected chi connectivity index (χ3v) is 4.08. The van der Waals surface area contributed by atoms with Crippen LogP contribution in [0.2, 0.25) is 0 Å². The molecular weight excluding hydrogens is 360 g/mol. The van der Waals surface area contributed by atoms with E-state index in [2.05, 4.69) is 15.3 Å². The smallest absolute Gasteiger partial charge is 0.219 e. The fourth-order valence-corrected chi connectivity index (χ4v) is 2.69. The monoisotopic (exact) mass is 376 g/mol. The van der Waals surface area contributed by atoms with E-state index in [1.54, 1.807) is 24.6 Å². The summed E-state index contributed by atoms with van der Waals surface area (Å²) in [5.41, 5.74) is 2.00. The largest absolute Gasteiger partial charge is 0.489 e. The molecule has 134 valence electrons. The number of nitrogens with zero attached hydrogens (tertiary/aromatic N) is 3. The van der Waals surface area contributed by atoms with Gasteiger partial charge in [-0.3, -0.25) is 0 Å². The number of nitrogens with one attached hydrogen (secondary N) is 1. The van der Waals surface area contributed by atoms with E-state index in [4.69, 9.17) is 21.4 Å². The number of ether oxygens (including phenoxy) is 1. The maximum Gasteiger partial charge on any atom is 0.219 e. The lowest BCUT2D eigenvalue weighted by Gasteiger charge is -2.06. The van der Waals surface area contributed by atoms with Gasteiger partial charge in [-0.2, -0.15) is 9.78 Å². The van der Waals surface area contributed by atoms with Crippen LogP contribution in [0.5, 0.6) is 5.75 Å². The highest BCUT2D eigenvalue weighted by Gasteiger charge is 2.10. The highest BCUT2D eigenvalue weighted by atomic mass is 32.1. The molecule has 4 rings (SSSR count). The molecule has 0 saturated heterocycles. The molecule has 2 aromatic heterocycles. The van der Waals surface area contributed by atoms with Crippen molar-refractivity contribution in [3.8, 4) is 17.3 Å². The van der Waals surface area contributed by atoms with E-state index in [1.807, 2.05) is 54.6 Å². The van der Waals surface area contributed by atoms with Crippen molar-refractivity contribution in [2.75, 3.05) is 0 Å². The Labute approximate surface area is 160 Å². The Kier molecular flexibility index (Phi) is 4.93. The van der Waals surface area contributed by atoms with Crippen LogP contribution in [-0.4, -0.2) is 21.1 Å². The molecule has 1 N–H and O–H groups in total. The Balaban J connectivity index is 1.52. The lowest BCUT2D eigenvalue weighted by Crippen LogP contribution is -1.97. The fraction of sp³-hybridized carbons (Fsp3) is 0.0500. The van der Waals surface area contributed by atoms with Crippen molar-refractivity contribution < 1.29 is 9.15 Å². The van der Waals surface area contributed by atoms with Gasteiger partial charge in [0.15, 0.2) is 5.76 Å². The molecule has 2 heterocycles. The molecule has 0 fully saturated rings. The van der Waals surface area contributed by atoms with E-state index in [1.165, 1.54) is 4.68 Å². The lowest BCUT2D eigenvalue weighted by atomic mass is 10.2. The first-order chi connectivity index (χ1) is 13.3. The molecule has 0 aliphatic carbocycles. The van der Waals surface area contributed by atoms with E-state index in [0.717, 1.165) is 16.9 Å². The van der Waals surface area contributed by atoms with Crippen LogP contribution in [0, 0.1) is 4.77 Å². The van der Waals surface area contributed by atoms with Gasteiger partial charge in [-0.1, -0.05) is 42.5 Å². The zero-order chi connectivity index (χ0) is 18.5. The molecule has 7 heteroatoms. The van der Waals surface area contributed by atoms with Gasteiger partial charge in [-0.05, 0) is 47.6 Å². The number of aromatic nitrogens is 3. The number of H-pyrrole nitrogens is 1. The molecule has 0 radical (unpaired) electrons. The predicted octanol–water partition coefficient (Wildman–Crippen LogP) is 4.66. The average molecular weight is 376 g/mol. The number of furan rings is 1. The van der Waals surface area contributed by atoms with Crippen molar-refractivity contribution in [2.45, 2.75) is 6.61 Å². The van der Waals surface area contributed by atoms with Crippen molar-refractivity contribution in [1.82, 2.24) is 14.9 Å². The van der Waals surface area contributed by atoms with Crippen LogP contribution in [0.4, 0.5) is 0 Å². The van der Waals surface area contributed by atoms with E-state index in [9.17, 15) is 0 Å². The van der Waals surface area contributed by atoms with Crippen molar-refractivity contribution in [3.63, 3.8) is 0 Å². The minimum Gasteiger partial charge on any atom is -0.489 e. The average Bonchev–Trinajstić information content (AvgIpc) is 3.36. The minimum atomic E-state index is 0.383. The molecule has 0 atom stereocenters. The lowest BCUT2D eigenvalue weighted by molar-refractivity contribution is 0.306. The van der Waals surface area contributed by atoms with Crippen LogP contribution in [0.3, 0.4) is 0 Å². The predicted molar refractivity (Wildman–Crippen MR) is 105 cm³/mol. The third-order valence-electron chi connectivity index (χ3n) is 3.82. The van der Waals surface area contributed by atoms with Crippen molar-refractivity contribution >= 4 is 18.4 Å². The van der Waals surface area contributed by atoms with Gasteiger partial charge in [-0.15, -0.1) is 5.10 Å². The summed E-state index contributed by atoms with van der Waals surface area (Å²) in [6, 6.07) is 21.3. The molecule has 0 aliphatic heterocycles. The molecule has 0 unspecified atom stereocenters. The molecule has 0 bridgehead atoms. The molecule has 0 amide bonds. The van der Waals surface area contributed by atoms with E-state index >= 15 is 0 Å². The Hall–Kier alpha value is -3.45. The summed E-state index contributed by atoms with van der Waals surface area (Å²) in [6.45, 7) is 0.511. The molecule has 4 aromatic rings. The molecule has 0 aliphatic rings. The summed E-state index contributed by atoms with van der Waals surface area (Å²) >= 11 is 5.25.